The Hall–Kier alpha value is -0.610. The Balaban J connectivity index is 2.10. The lowest BCUT2D eigenvalue weighted by atomic mass is 10.0. The number of ether oxygens (including phenoxy) is 4. The molecule has 0 unspecified atom stereocenters. The van der Waals surface area contributed by atoms with Crippen molar-refractivity contribution in [2.45, 2.75) is 41.8 Å². The van der Waals surface area contributed by atoms with Crippen LogP contribution in [0.15, 0.2) is 0 Å². The number of alkyl halides is 1. The van der Waals surface area contributed by atoms with E-state index in [1.165, 1.54) is 7.11 Å². The van der Waals surface area contributed by atoms with Gasteiger partial charge in [-0.15, -0.1) is 0 Å². The minimum absolute atomic E-state index is 0.336. The summed E-state index contributed by atoms with van der Waals surface area (Å²) in [4.78, 5) is 23.0. The van der Waals surface area contributed by atoms with E-state index in [1.807, 2.05) is 22.6 Å². The van der Waals surface area contributed by atoms with Crippen molar-refractivity contribution in [1.29, 1.82) is 0 Å². The van der Waals surface area contributed by atoms with Crippen molar-refractivity contribution in [3.8, 4) is 0 Å². The monoisotopic (exact) mass is 385 g/mol. The van der Waals surface area contributed by atoms with E-state index in [0.717, 1.165) is 0 Å². The van der Waals surface area contributed by atoms with Gasteiger partial charge in [-0.1, -0.05) is 22.6 Å². The van der Waals surface area contributed by atoms with Gasteiger partial charge < -0.3 is 24.3 Å². The first-order valence-corrected chi connectivity index (χ1v) is 7.09. The van der Waals surface area contributed by atoms with Crippen molar-refractivity contribution in [2.75, 3.05) is 13.7 Å². The van der Waals surface area contributed by atoms with Crippen molar-refractivity contribution in [3.05, 3.63) is 0 Å². The normalized spacial score (nSPS) is 34.5. The number of alkyl carbamates (subject to hydrolysis) is 1. The standard InChI is InChI=1S/C11H16INO6/c1-11(2)17-4-5(19-11)7-8(18-10(15)13-7)6(12)9(14)16-3/h5-8H,4H2,1-3H3,(H,13,15)/t5-,6+,7+,8+/m0/s1. The second kappa shape index (κ2) is 5.41. The lowest BCUT2D eigenvalue weighted by Gasteiger charge is -2.25. The molecule has 1 amide bonds. The third kappa shape index (κ3) is 3.11. The lowest BCUT2D eigenvalue weighted by molar-refractivity contribution is -0.145. The fourth-order valence-corrected chi connectivity index (χ4v) is 2.98. The smallest absolute Gasteiger partial charge is 0.407 e. The van der Waals surface area contributed by atoms with E-state index in [2.05, 4.69) is 10.1 Å². The summed E-state index contributed by atoms with van der Waals surface area (Å²) in [6.07, 6.45) is -1.55. The molecule has 19 heavy (non-hydrogen) atoms. The zero-order valence-electron chi connectivity index (χ0n) is 10.8. The Kier molecular flexibility index (Phi) is 4.21. The fraction of sp³-hybridized carbons (Fsp3) is 0.818. The van der Waals surface area contributed by atoms with Gasteiger partial charge in [0.25, 0.3) is 0 Å². The molecule has 2 rings (SSSR count). The zero-order chi connectivity index (χ0) is 14.2. The molecule has 0 bridgehead atoms. The fourth-order valence-electron chi connectivity index (χ4n) is 2.13. The highest BCUT2D eigenvalue weighted by Crippen LogP contribution is 2.30. The number of methoxy groups -OCH3 is 1. The van der Waals surface area contributed by atoms with Crippen LogP contribution >= 0.6 is 22.6 Å². The average Bonchev–Trinajstić information content (AvgIpc) is 2.90. The topological polar surface area (TPSA) is 83.1 Å². The maximum atomic E-state index is 11.6. The van der Waals surface area contributed by atoms with Crippen molar-refractivity contribution in [3.63, 3.8) is 0 Å². The number of carbonyl (C=O) groups excluding carboxylic acids is 2. The molecule has 2 fully saturated rings. The molecule has 0 aromatic carbocycles. The van der Waals surface area contributed by atoms with Crippen LogP contribution in [0.5, 0.6) is 0 Å². The summed E-state index contributed by atoms with van der Waals surface area (Å²) in [5, 5.41) is 2.66. The van der Waals surface area contributed by atoms with Gasteiger partial charge in [0, 0.05) is 0 Å². The van der Waals surface area contributed by atoms with Crippen molar-refractivity contribution in [1.82, 2.24) is 5.32 Å². The zero-order valence-corrected chi connectivity index (χ0v) is 13.0. The van der Waals surface area contributed by atoms with Gasteiger partial charge in [-0.3, -0.25) is 4.79 Å². The average molecular weight is 385 g/mol. The van der Waals surface area contributed by atoms with Gasteiger partial charge in [-0.25, -0.2) is 4.79 Å². The molecular weight excluding hydrogens is 369 g/mol. The number of hydrogen-bond donors (Lipinski definition) is 1. The SMILES string of the molecule is COC(=O)[C@H](I)[C@H]1OC(=O)N[C@@H]1[C@@H]1COC(C)(C)O1. The molecule has 0 aromatic rings. The van der Waals surface area contributed by atoms with Gasteiger partial charge in [0.15, 0.2) is 5.79 Å². The maximum absolute atomic E-state index is 11.6. The maximum Gasteiger partial charge on any atom is 0.407 e. The van der Waals surface area contributed by atoms with Crippen LogP contribution in [0.1, 0.15) is 13.8 Å². The molecule has 0 saturated carbocycles. The van der Waals surface area contributed by atoms with E-state index in [1.54, 1.807) is 13.8 Å². The van der Waals surface area contributed by atoms with Gasteiger partial charge in [0.05, 0.1) is 19.8 Å². The molecule has 2 aliphatic rings. The molecule has 0 aliphatic carbocycles. The summed E-state index contributed by atoms with van der Waals surface area (Å²) in [5.41, 5.74) is 0. The molecule has 7 nitrogen and oxygen atoms in total. The van der Waals surface area contributed by atoms with Gasteiger partial charge in [0.2, 0.25) is 0 Å². The summed E-state index contributed by atoms with van der Waals surface area (Å²) in [6.45, 7) is 3.92. The van der Waals surface area contributed by atoms with Crippen LogP contribution in [0.2, 0.25) is 0 Å². The van der Waals surface area contributed by atoms with Crippen LogP contribution in [-0.4, -0.2) is 53.7 Å². The molecule has 4 atom stereocenters. The first-order valence-electron chi connectivity index (χ1n) is 5.85. The highest BCUT2D eigenvalue weighted by atomic mass is 127. The third-order valence-electron chi connectivity index (χ3n) is 3.03. The van der Waals surface area contributed by atoms with Gasteiger partial charge >= 0.3 is 12.1 Å². The predicted octanol–water partition coefficient (Wildman–Crippen LogP) is 0.591. The van der Waals surface area contributed by atoms with Crippen LogP contribution < -0.4 is 5.32 Å². The number of halogens is 1. The summed E-state index contributed by atoms with van der Waals surface area (Å²) < 4.78 is 20.4. The highest BCUT2D eigenvalue weighted by Gasteiger charge is 2.50. The first kappa shape index (κ1) is 14.8. The molecule has 1 N–H and O–H groups in total. The molecule has 2 aliphatic heterocycles. The van der Waals surface area contributed by atoms with E-state index in [9.17, 15) is 9.59 Å². The first-order chi connectivity index (χ1) is 8.84. The van der Waals surface area contributed by atoms with Gasteiger partial charge in [-0.05, 0) is 13.8 Å². The lowest BCUT2D eigenvalue weighted by Crippen LogP contribution is -2.49. The number of amides is 1. The van der Waals surface area contributed by atoms with E-state index < -0.39 is 33.9 Å². The van der Waals surface area contributed by atoms with E-state index in [4.69, 9.17) is 14.2 Å². The summed E-state index contributed by atoms with van der Waals surface area (Å²) >= 11 is 1.90. The Labute approximate surface area is 124 Å². The van der Waals surface area contributed by atoms with Crippen molar-refractivity contribution < 1.29 is 28.5 Å². The predicted molar refractivity (Wildman–Crippen MR) is 71.9 cm³/mol. The minimum atomic E-state index is -0.700. The van der Waals surface area contributed by atoms with Gasteiger partial charge in [-0.2, -0.15) is 0 Å². The molecule has 2 saturated heterocycles. The third-order valence-corrected chi connectivity index (χ3v) is 4.24. The Bertz CT molecular complexity index is 387. The second-order valence-corrected chi connectivity index (χ2v) is 6.17. The number of cyclic esters (lactones) is 1. The Morgan fingerprint density at radius 3 is 2.79 bits per heavy atom. The van der Waals surface area contributed by atoms with Crippen molar-refractivity contribution >= 4 is 34.7 Å². The van der Waals surface area contributed by atoms with Crippen molar-refractivity contribution in [2.24, 2.45) is 0 Å². The molecule has 2 heterocycles. The van der Waals surface area contributed by atoms with E-state index in [0.29, 0.717) is 6.61 Å². The van der Waals surface area contributed by atoms with Crippen LogP contribution in [-0.2, 0) is 23.7 Å². The number of carbonyl (C=O) groups is 2. The molecule has 108 valence electrons. The number of rotatable bonds is 3. The Morgan fingerprint density at radius 2 is 2.26 bits per heavy atom. The van der Waals surface area contributed by atoms with Crippen LogP contribution in [0.3, 0.4) is 0 Å². The summed E-state index contributed by atoms with van der Waals surface area (Å²) in [7, 11) is 1.30. The molecule has 0 aromatic heterocycles. The quantitative estimate of drug-likeness (QED) is 0.435. The van der Waals surface area contributed by atoms with Crippen LogP contribution in [0.4, 0.5) is 4.79 Å². The molecule has 8 heteroatoms. The number of hydrogen-bond acceptors (Lipinski definition) is 6. The molecule has 0 radical (unpaired) electrons. The van der Waals surface area contributed by atoms with E-state index >= 15 is 0 Å². The largest absolute Gasteiger partial charge is 0.468 e. The number of esters is 1. The Morgan fingerprint density at radius 1 is 1.58 bits per heavy atom. The number of nitrogens with one attached hydrogen (secondary N) is 1. The van der Waals surface area contributed by atoms with Crippen LogP contribution in [0, 0.1) is 0 Å². The second-order valence-electron chi connectivity index (χ2n) is 4.83. The summed E-state index contributed by atoms with van der Waals surface area (Å²) in [6, 6.07) is -0.435. The van der Waals surface area contributed by atoms with Crippen LogP contribution in [0.25, 0.3) is 0 Å². The van der Waals surface area contributed by atoms with E-state index in [-0.39, 0.29) is 6.10 Å². The highest BCUT2D eigenvalue weighted by molar-refractivity contribution is 14.1. The summed E-state index contributed by atoms with van der Waals surface area (Å²) in [5.74, 6) is -1.14. The molecular formula is C11H16INO6. The molecule has 0 spiro atoms. The van der Waals surface area contributed by atoms with Gasteiger partial charge in [0.1, 0.15) is 16.1 Å². The minimum Gasteiger partial charge on any atom is -0.468 e.